The zero-order valence-electron chi connectivity index (χ0n) is 7.83. The number of carbonyl (C=O) groups excluding carboxylic acids is 1. The van der Waals surface area contributed by atoms with E-state index in [2.05, 4.69) is 0 Å². The molecule has 74 valence electrons. The quantitative estimate of drug-likeness (QED) is 0.576. The molecule has 2 atom stereocenters. The molecule has 2 fully saturated rings. The van der Waals surface area contributed by atoms with Gasteiger partial charge in [0.1, 0.15) is 12.4 Å². The summed E-state index contributed by atoms with van der Waals surface area (Å²) in [5.74, 6) is 0. The second kappa shape index (κ2) is 3.76. The lowest BCUT2D eigenvalue weighted by molar-refractivity contribution is -0.123. The van der Waals surface area contributed by atoms with E-state index in [9.17, 15) is 4.79 Å². The van der Waals surface area contributed by atoms with Crippen LogP contribution in [-0.2, 0) is 14.3 Å². The van der Waals surface area contributed by atoms with E-state index in [4.69, 9.17) is 9.47 Å². The lowest BCUT2D eigenvalue weighted by Gasteiger charge is -2.26. The van der Waals surface area contributed by atoms with E-state index in [0.717, 1.165) is 51.6 Å². The molecule has 0 bridgehead atoms. The molecule has 0 saturated carbocycles. The lowest BCUT2D eigenvalue weighted by atomic mass is 9.92. The highest BCUT2D eigenvalue weighted by atomic mass is 16.5. The Bertz CT molecular complexity index is 183. The summed E-state index contributed by atoms with van der Waals surface area (Å²) in [6.07, 6.45) is 5.77. The van der Waals surface area contributed by atoms with Gasteiger partial charge in [-0.25, -0.2) is 0 Å². The third-order valence-corrected chi connectivity index (χ3v) is 3.06. The predicted octanol–water partition coefficient (Wildman–Crippen LogP) is 1.30. The van der Waals surface area contributed by atoms with E-state index in [1.807, 2.05) is 0 Å². The molecule has 0 radical (unpaired) electrons. The Balaban J connectivity index is 1.98. The number of ether oxygens (including phenoxy) is 2. The fourth-order valence-electron chi connectivity index (χ4n) is 2.29. The molecule has 1 spiro atoms. The SMILES string of the molecule is O=CC1CCC2(CCCOCC2)O1. The van der Waals surface area contributed by atoms with Crippen molar-refractivity contribution in [1.29, 1.82) is 0 Å². The van der Waals surface area contributed by atoms with Crippen LogP contribution in [0.1, 0.15) is 32.1 Å². The van der Waals surface area contributed by atoms with Crippen molar-refractivity contribution in [1.82, 2.24) is 0 Å². The molecule has 0 N–H and O–H groups in total. The normalized spacial score (nSPS) is 40.5. The minimum absolute atomic E-state index is 0.0257. The van der Waals surface area contributed by atoms with E-state index >= 15 is 0 Å². The van der Waals surface area contributed by atoms with Gasteiger partial charge in [0.2, 0.25) is 0 Å². The molecule has 13 heavy (non-hydrogen) atoms. The van der Waals surface area contributed by atoms with E-state index < -0.39 is 0 Å². The Morgan fingerprint density at radius 1 is 1.23 bits per heavy atom. The predicted molar refractivity (Wildman–Crippen MR) is 47.6 cm³/mol. The van der Waals surface area contributed by atoms with E-state index in [1.165, 1.54) is 0 Å². The first-order chi connectivity index (χ1) is 6.35. The Morgan fingerprint density at radius 2 is 2.15 bits per heavy atom. The molecule has 2 rings (SSSR count). The van der Waals surface area contributed by atoms with Crippen LogP contribution >= 0.6 is 0 Å². The highest BCUT2D eigenvalue weighted by Crippen LogP contribution is 2.37. The Labute approximate surface area is 78.4 Å². The topological polar surface area (TPSA) is 35.5 Å². The fourth-order valence-corrected chi connectivity index (χ4v) is 2.29. The molecular weight excluding hydrogens is 168 g/mol. The molecule has 3 heteroatoms. The average molecular weight is 184 g/mol. The maximum absolute atomic E-state index is 10.6. The molecular formula is C10H16O3. The fraction of sp³-hybridized carbons (Fsp3) is 0.900. The Kier molecular flexibility index (Phi) is 2.65. The van der Waals surface area contributed by atoms with Crippen molar-refractivity contribution in [2.45, 2.75) is 43.8 Å². The van der Waals surface area contributed by atoms with Gasteiger partial charge >= 0.3 is 0 Å². The van der Waals surface area contributed by atoms with Crippen molar-refractivity contribution >= 4 is 6.29 Å². The number of carbonyl (C=O) groups is 1. The Morgan fingerprint density at radius 3 is 2.92 bits per heavy atom. The van der Waals surface area contributed by atoms with Gasteiger partial charge in [0.25, 0.3) is 0 Å². The van der Waals surface area contributed by atoms with Gasteiger partial charge in [-0.2, -0.15) is 0 Å². The van der Waals surface area contributed by atoms with Crippen molar-refractivity contribution < 1.29 is 14.3 Å². The van der Waals surface area contributed by atoms with Crippen LogP contribution in [0, 0.1) is 0 Å². The molecule has 2 aliphatic heterocycles. The van der Waals surface area contributed by atoms with Gasteiger partial charge in [0.15, 0.2) is 0 Å². The zero-order chi connectivity index (χ0) is 9.15. The third kappa shape index (κ3) is 1.92. The summed E-state index contributed by atoms with van der Waals surface area (Å²) in [6, 6.07) is 0. The first kappa shape index (κ1) is 9.16. The van der Waals surface area contributed by atoms with Gasteiger partial charge in [-0.1, -0.05) is 0 Å². The molecule has 2 aliphatic rings. The highest BCUT2D eigenvalue weighted by Gasteiger charge is 2.40. The molecule has 0 amide bonds. The summed E-state index contributed by atoms with van der Waals surface area (Å²) in [5.41, 5.74) is -0.0257. The first-order valence-electron chi connectivity index (χ1n) is 5.06. The summed E-state index contributed by atoms with van der Waals surface area (Å²) >= 11 is 0. The number of hydrogen-bond acceptors (Lipinski definition) is 3. The smallest absolute Gasteiger partial charge is 0.148 e. The highest BCUT2D eigenvalue weighted by molar-refractivity contribution is 5.56. The van der Waals surface area contributed by atoms with Gasteiger partial charge in [0, 0.05) is 13.2 Å². The molecule has 3 nitrogen and oxygen atoms in total. The standard InChI is InChI=1S/C10H16O3/c11-8-9-2-4-10(13-9)3-1-6-12-7-5-10/h8-9H,1-7H2. The van der Waals surface area contributed by atoms with Gasteiger partial charge < -0.3 is 14.3 Å². The second-order valence-electron chi connectivity index (χ2n) is 3.98. The van der Waals surface area contributed by atoms with Crippen LogP contribution in [0.25, 0.3) is 0 Å². The molecule has 0 aliphatic carbocycles. The van der Waals surface area contributed by atoms with Crippen LogP contribution in [0.2, 0.25) is 0 Å². The monoisotopic (exact) mass is 184 g/mol. The van der Waals surface area contributed by atoms with Crippen LogP contribution in [-0.4, -0.2) is 31.2 Å². The molecule has 2 heterocycles. The van der Waals surface area contributed by atoms with Crippen molar-refractivity contribution in [2.24, 2.45) is 0 Å². The largest absolute Gasteiger partial charge is 0.381 e. The molecule has 0 aromatic rings. The average Bonchev–Trinajstić information content (AvgIpc) is 2.40. The zero-order valence-corrected chi connectivity index (χ0v) is 7.83. The van der Waals surface area contributed by atoms with E-state index in [0.29, 0.717) is 0 Å². The van der Waals surface area contributed by atoms with Crippen molar-refractivity contribution in [2.75, 3.05) is 13.2 Å². The van der Waals surface area contributed by atoms with Crippen molar-refractivity contribution in [3.63, 3.8) is 0 Å². The minimum atomic E-state index is -0.155. The molecule has 0 aromatic heterocycles. The van der Waals surface area contributed by atoms with Crippen LogP contribution in [0.4, 0.5) is 0 Å². The minimum Gasteiger partial charge on any atom is -0.381 e. The van der Waals surface area contributed by atoms with E-state index in [-0.39, 0.29) is 11.7 Å². The van der Waals surface area contributed by atoms with Crippen molar-refractivity contribution in [3.8, 4) is 0 Å². The maximum atomic E-state index is 10.6. The lowest BCUT2D eigenvalue weighted by Crippen LogP contribution is -2.29. The summed E-state index contributed by atoms with van der Waals surface area (Å²) in [6.45, 7) is 1.63. The van der Waals surface area contributed by atoms with Gasteiger partial charge in [-0.15, -0.1) is 0 Å². The summed E-state index contributed by atoms with van der Waals surface area (Å²) in [4.78, 5) is 10.6. The van der Waals surface area contributed by atoms with Gasteiger partial charge in [0.05, 0.1) is 5.60 Å². The number of aldehydes is 1. The summed E-state index contributed by atoms with van der Waals surface area (Å²) < 4.78 is 11.2. The van der Waals surface area contributed by atoms with Crippen LogP contribution < -0.4 is 0 Å². The second-order valence-corrected chi connectivity index (χ2v) is 3.98. The van der Waals surface area contributed by atoms with Crippen LogP contribution in [0.15, 0.2) is 0 Å². The summed E-state index contributed by atoms with van der Waals surface area (Å²) in [5, 5.41) is 0. The first-order valence-corrected chi connectivity index (χ1v) is 5.06. The third-order valence-electron chi connectivity index (χ3n) is 3.06. The molecule has 2 unspecified atom stereocenters. The Hall–Kier alpha value is -0.410. The maximum Gasteiger partial charge on any atom is 0.148 e. The van der Waals surface area contributed by atoms with Gasteiger partial charge in [-0.05, 0) is 32.1 Å². The van der Waals surface area contributed by atoms with Crippen LogP contribution in [0.3, 0.4) is 0 Å². The van der Waals surface area contributed by atoms with Crippen LogP contribution in [0.5, 0.6) is 0 Å². The number of hydrogen-bond donors (Lipinski definition) is 0. The van der Waals surface area contributed by atoms with E-state index in [1.54, 1.807) is 0 Å². The van der Waals surface area contributed by atoms with Gasteiger partial charge in [-0.3, -0.25) is 0 Å². The van der Waals surface area contributed by atoms with Crippen molar-refractivity contribution in [3.05, 3.63) is 0 Å². The number of rotatable bonds is 1. The summed E-state index contributed by atoms with van der Waals surface area (Å²) in [7, 11) is 0. The molecule has 0 aromatic carbocycles. The molecule has 2 saturated heterocycles.